The molecule has 9 nitrogen and oxygen atoms in total. The Hall–Kier alpha value is -2.75. The molecule has 1 aromatic heterocycles. The number of β-lactam (4-membered cyclic amide) rings is 1. The third-order valence-corrected chi connectivity index (χ3v) is 7.29. The Morgan fingerprint density at radius 2 is 1.92 bits per heavy atom. The molecule has 1 unspecified atom stereocenters. The van der Waals surface area contributed by atoms with E-state index in [4.69, 9.17) is 5.11 Å². The van der Waals surface area contributed by atoms with Crippen LogP contribution < -0.4 is 0 Å². The quantitative estimate of drug-likeness (QED) is 0.562. The van der Waals surface area contributed by atoms with E-state index in [0.29, 0.717) is 0 Å². The summed E-state index contributed by atoms with van der Waals surface area (Å²) in [7, 11) is -3.95. The number of nitrogens with zero attached hydrogens (tertiary/aromatic N) is 2. The van der Waals surface area contributed by atoms with Crippen molar-refractivity contribution in [1.29, 1.82) is 0 Å². The van der Waals surface area contributed by atoms with Crippen molar-refractivity contribution in [1.82, 2.24) is 9.88 Å². The Morgan fingerprint density at radius 3 is 2.40 bits per heavy atom. The molecule has 2 saturated heterocycles. The number of carbonyl (C=O) groups excluding carboxylic acids is 1. The summed E-state index contributed by atoms with van der Waals surface area (Å²) in [5, 5.41) is 16.8. The minimum atomic E-state index is -3.95. The van der Waals surface area contributed by atoms with Gasteiger partial charge in [0.25, 0.3) is 5.91 Å². The molecule has 10 heteroatoms. The van der Waals surface area contributed by atoms with Gasteiger partial charge in [-0.3, -0.25) is 9.78 Å². The van der Waals surface area contributed by atoms with Crippen LogP contribution in [0.3, 0.4) is 0 Å². The highest BCUT2D eigenvalue weighted by Gasteiger charge is 2.70. The highest BCUT2D eigenvalue weighted by Crippen LogP contribution is 2.48. The summed E-state index contributed by atoms with van der Waals surface area (Å²) in [6.07, 6.45) is 2.33. The summed E-state index contributed by atoms with van der Waals surface area (Å²) in [4.78, 5) is 39.3. The zero-order valence-electron chi connectivity index (χ0n) is 13.2. The average Bonchev–Trinajstić information content (AvgIpc) is 2.66. The van der Waals surface area contributed by atoms with Crippen molar-refractivity contribution in [3.05, 3.63) is 35.2 Å². The number of fused-ring (bicyclic) bond motifs is 1. The van der Waals surface area contributed by atoms with E-state index in [0.717, 1.165) is 11.1 Å². The van der Waals surface area contributed by atoms with Gasteiger partial charge in [0.1, 0.15) is 4.75 Å². The third-order valence-electron chi connectivity index (χ3n) is 4.53. The van der Waals surface area contributed by atoms with Crippen LogP contribution in [-0.4, -0.2) is 62.5 Å². The lowest BCUT2D eigenvalue weighted by Crippen LogP contribution is -2.58. The first-order chi connectivity index (χ1) is 11.5. The number of carboxylic acids is 2. The Bertz CT molecular complexity index is 931. The molecule has 2 aliphatic heterocycles. The Kier molecular flexibility index (Phi) is 3.50. The van der Waals surface area contributed by atoms with Crippen LogP contribution in [0.25, 0.3) is 6.08 Å². The predicted octanol–water partition coefficient (Wildman–Crippen LogP) is -0.00830. The Balaban J connectivity index is 2.03. The molecule has 25 heavy (non-hydrogen) atoms. The van der Waals surface area contributed by atoms with Gasteiger partial charge < -0.3 is 15.1 Å². The summed E-state index contributed by atoms with van der Waals surface area (Å²) in [5.41, 5.74) is 0.0801. The molecule has 0 radical (unpaired) electrons. The van der Waals surface area contributed by atoms with Gasteiger partial charge in [0, 0.05) is 6.20 Å². The molecule has 0 saturated carbocycles. The van der Waals surface area contributed by atoms with E-state index in [-0.39, 0.29) is 16.8 Å². The minimum Gasteiger partial charge on any atom is -0.480 e. The molecule has 2 atom stereocenters. The highest BCUT2D eigenvalue weighted by atomic mass is 32.2. The van der Waals surface area contributed by atoms with E-state index in [9.17, 15) is 27.9 Å². The number of aliphatic carboxylic acids is 1. The first kappa shape index (κ1) is 17.1. The molecule has 3 rings (SSSR count). The van der Waals surface area contributed by atoms with E-state index in [1.807, 2.05) is 0 Å². The number of rotatable bonds is 3. The lowest BCUT2D eigenvalue weighted by molar-refractivity contribution is -0.152. The molecule has 1 amide bonds. The first-order valence-corrected chi connectivity index (χ1v) is 8.74. The van der Waals surface area contributed by atoms with Gasteiger partial charge >= 0.3 is 11.9 Å². The molecule has 1 aromatic rings. The number of aromatic nitrogens is 1. The molecule has 0 spiro atoms. The number of pyridine rings is 1. The molecule has 3 heterocycles. The van der Waals surface area contributed by atoms with Crippen molar-refractivity contribution in [2.45, 2.75) is 30.0 Å². The van der Waals surface area contributed by atoms with Gasteiger partial charge in [0.05, 0.1) is 16.8 Å². The maximum Gasteiger partial charge on any atom is 0.337 e. The van der Waals surface area contributed by atoms with E-state index < -0.39 is 43.8 Å². The van der Waals surface area contributed by atoms with E-state index >= 15 is 0 Å². The van der Waals surface area contributed by atoms with Crippen molar-refractivity contribution in [2.24, 2.45) is 0 Å². The zero-order valence-corrected chi connectivity index (χ0v) is 14.0. The number of carboxylic acid groups (broad SMARTS) is 2. The van der Waals surface area contributed by atoms with E-state index in [1.54, 1.807) is 0 Å². The van der Waals surface area contributed by atoms with Crippen LogP contribution in [-0.2, 0) is 19.4 Å². The van der Waals surface area contributed by atoms with Crippen LogP contribution >= 0.6 is 0 Å². The normalized spacial score (nSPS) is 27.7. The molecule has 0 aliphatic carbocycles. The number of hydrogen-bond acceptors (Lipinski definition) is 6. The van der Waals surface area contributed by atoms with Crippen LogP contribution in [0.5, 0.6) is 0 Å². The number of aromatic carboxylic acids is 1. The van der Waals surface area contributed by atoms with E-state index in [2.05, 4.69) is 4.98 Å². The fourth-order valence-corrected chi connectivity index (χ4v) is 5.24. The summed E-state index contributed by atoms with van der Waals surface area (Å²) in [6.45, 7) is 2.56. The van der Waals surface area contributed by atoms with Gasteiger partial charge in [0.2, 0.25) is 0 Å². The average molecular weight is 366 g/mol. The lowest BCUT2D eigenvalue weighted by atomic mass is 9.95. The van der Waals surface area contributed by atoms with Crippen LogP contribution in [0.4, 0.5) is 0 Å². The van der Waals surface area contributed by atoms with Gasteiger partial charge in [0.15, 0.2) is 21.3 Å². The number of hydrogen-bond donors (Lipinski definition) is 2. The summed E-state index contributed by atoms with van der Waals surface area (Å²) < 4.78 is 23.7. The molecule has 2 N–H and O–H groups in total. The van der Waals surface area contributed by atoms with Crippen LogP contribution in [0.15, 0.2) is 23.9 Å². The monoisotopic (exact) mass is 366 g/mol. The molecule has 0 aromatic carbocycles. The molecule has 132 valence electrons. The summed E-state index contributed by atoms with van der Waals surface area (Å²) in [5.74, 6) is -3.23. The third kappa shape index (κ3) is 2.17. The van der Waals surface area contributed by atoms with Gasteiger partial charge in [-0.2, -0.15) is 0 Å². The second-order valence-corrected chi connectivity index (χ2v) is 8.92. The molecule has 2 fully saturated rings. The maximum absolute atomic E-state index is 12.7. The molecule has 2 aliphatic rings. The number of amides is 1. The Labute approximate surface area is 142 Å². The number of sulfone groups is 1. The van der Waals surface area contributed by atoms with Crippen molar-refractivity contribution in [3.63, 3.8) is 0 Å². The standard InChI is InChI=1S/C15H14N2O7S/c1-15(2)10(14(21)22)17-11(18)9(12(17)25(15,23)24)5-8-4-3-7(6-16-8)13(19)20/h3-6,10,12H,1-2H3,(H,19,20)(H,21,22)/b9-5-/t10-,12?/m0/s1. The zero-order chi connectivity index (χ0) is 18.7. The molecule has 0 bridgehead atoms. The van der Waals surface area contributed by atoms with Gasteiger partial charge in [-0.1, -0.05) is 0 Å². The lowest BCUT2D eigenvalue weighted by Gasteiger charge is -2.37. The fraction of sp³-hybridized carbons (Fsp3) is 0.333. The fourth-order valence-electron chi connectivity index (χ4n) is 3.12. The minimum absolute atomic E-state index is 0.0516. The first-order valence-electron chi connectivity index (χ1n) is 7.20. The smallest absolute Gasteiger partial charge is 0.337 e. The molecular weight excluding hydrogens is 352 g/mol. The van der Waals surface area contributed by atoms with Gasteiger partial charge in [-0.05, 0) is 32.1 Å². The van der Waals surface area contributed by atoms with Gasteiger partial charge in [-0.15, -0.1) is 0 Å². The van der Waals surface area contributed by atoms with Gasteiger partial charge in [-0.25, -0.2) is 18.0 Å². The number of carbonyl (C=O) groups is 3. The topological polar surface area (TPSA) is 142 Å². The summed E-state index contributed by atoms with van der Waals surface area (Å²) >= 11 is 0. The van der Waals surface area contributed by atoms with Crippen LogP contribution in [0.1, 0.15) is 29.9 Å². The SMILES string of the molecule is CC1(C)[C@H](C(=O)O)N2C(=O)/C(=C/c3ccc(C(=O)O)cn3)C2S1(=O)=O. The molecular formula is C15H14N2O7S. The summed E-state index contributed by atoms with van der Waals surface area (Å²) in [6, 6.07) is 1.15. The van der Waals surface area contributed by atoms with Crippen LogP contribution in [0, 0.1) is 0 Å². The van der Waals surface area contributed by atoms with Crippen molar-refractivity contribution in [3.8, 4) is 0 Å². The highest BCUT2D eigenvalue weighted by molar-refractivity contribution is 7.94. The van der Waals surface area contributed by atoms with Crippen LogP contribution in [0.2, 0.25) is 0 Å². The van der Waals surface area contributed by atoms with E-state index in [1.165, 1.54) is 32.1 Å². The maximum atomic E-state index is 12.7. The Morgan fingerprint density at radius 1 is 1.28 bits per heavy atom. The van der Waals surface area contributed by atoms with Crippen molar-refractivity contribution < 1.29 is 33.0 Å². The van der Waals surface area contributed by atoms with Crippen molar-refractivity contribution >= 4 is 33.8 Å². The second kappa shape index (κ2) is 5.12. The van der Waals surface area contributed by atoms with Crippen molar-refractivity contribution in [2.75, 3.05) is 0 Å². The largest absolute Gasteiger partial charge is 0.480 e. The predicted molar refractivity (Wildman–Crippen MR) is 84.2 cm³/mol. The second-order valence-electron chi connectivity index (χ2n) is 6.33.